The number of primary amides is 1. The first kappa shape index (κ1) is 14.0. The number of amides is 2. The normalized spacial score (nSPS) is 22.5. The molecule has 1 aromatic heterocycles. The molecule has 2 amide bonds. The fraction of sp³-hybridized carbons (Fsp3) is 0.417. The molecular weight excluding hydrogens is 314 g/mol. The molecule has 2 heterocycles. The van der Waals surface area contributed by atoms with Gasteiger partial charge in [0.1, 0.15) is 11.7 Å². The van der Waals surface area contributed by atoms with Gasteiger partial charge in [0.15, 0.2) is 0 Å². The van der Waals surface area contributed by atoms with Crippen LogP contribution in [0.4, 0.5) is 0 Å². The fourth-order valence-corrected chi connectivity index (χ4v) is 2.57. The number of hydrogen-bond donors (Lipinski definition) is 1. The predicted octanol–water partition coefficient (Wildman–Crippen LogP) is 0.559. The van der Waals surface area contributed by atoms with Gasteiger partial charge in [0.25, 0.3) is 5.91 Å². The monoisotopic (exact) mass is 327 g/mol. The second kappa shape index (κ2) is 5.66. The number of pyridine rings is 1. The summed E-state index contributed by atoms with van der Waals surface area (Å²) >= 11 is 3.28. The van der Waals surface area contributed by atoms with Crippen molar-refractivity contribution in [3.8, 4) is 0 Å². The number of carbonyl (C=O) groups excluding carboxylic acids is 2. The third-order valence-electron chi connectivity index (χ3n) is 3.15. The van der Waals surface area contributed by atoms with Crippen LogP contribution < -0.4 is 5.73 Å². The molecule has 1 fully saturated rings. The summed E-state index contributed by atoms with van der Waals surface area (Å²) in [6.07, 6.45) is 1.77. The predicted molar refractivity (Wildman–Crippen MR) is 71.4 cm³/mol. The second-order valence-electron chi connectivity index (χ2n) is 4.30. The molecule has 1 saturated heterocycles. The van der Waals surface area contributed by atoms with E-state index in [1.807, 2.05) is 0 Å². The lowest BCUT2D eigenvalue weighted by Crippen LogP contribution is -2.44. The Labute approximate surface area is 119 Å². The van der Waals surface area contributed by atoms with Crippen LogP contribution in [-0.2, 0) is 9.53 Å². The Balaban J connectivity index is 2.27. The third-order valence-corrected chi connectivity index (χ3v) is 3.79. The number of nitrogens with zero attached hydrogens (tertiary/aromatic N) is 2. The number of likely N-dealkylation sites (tertiary alicyclic amines) is 1. The van der Waals surface area contributed by atoms with Crippen molar-refractivity contribution >= 4 is 27.7 Å². The summed E-state index contributed by atoms with van der Waals surface area (Å²) in [6, 6.07) is 2.80. The highest BCUT2D eigenvalue weighted by Gasteiger charge is 2.39. The van der Waals surface area contributed by atoms with Gasteiger partial charge < -0.3 is 15.4 Å². The molecule has 0 spiro atoms. The Morgan fingerprint density at radius 1 is 1.58 bits per heavy atom. The summed E-state index contributed by atoms with van der Waals surface area (Å²) in [5, 5.41) is 0. The molecule has 19 heavy (non-hydrogen) atoms. The highest BCUT2D eigenvalue weighted by Crippen LogP contribution is 2.24. The van der Waals surface area contributed by atoms with Gasteiger partial charge in [-0.05, 0) is 28.1 Å². The maximum atomic E-state index is 12.4. The Morgan fingerprint density at radius 3 is 2.89 bits per heavy atom. The van der Waals surface area contributed by atoms with Crippen molar-refractivity contribution in [1.82, 2.24) is 9.88 Å². The summed E-state index contributed by atoms with van der Waals surface area (Å²) in [7, 11) is 1.55. The van der Waals surface area contributed by atoms with Crippen LogP contribution in [0.1, 0.15) is 16.9 Å². The molecule has 0 aromatic carbocycles. The molecule has 7 heteroatoms. The maximum absolute atomic E-state index is 12.4. The Bertz CT molecular complexity index is 509. The van der Waals surface area contributed by atoms with Gasteiger partial charge in [0, 0.05) is 30.7 Å². The summed E-state index contributed by atoms with van der Waals surface area (Å²) in [6.45, 7) is 0.339. The van der Waals surface area contributed by atoms with Crippen LogP contribution in [0.15, 0.2) is 22.8 Å². The molecule has 0 bridgehead atoms. The number of carbonyl (C=O) groups is 2. The van der Waals surface area contributed by atoms with E-state index < -0.39 is 11.9 Å². The van der Waals surface area contributed by atoms with Crippen LogP contribution >= 0.6 is 15.9 Å². The number of nitrogens with two attached hydrogens (primary N) is 1. The van der Waals surface area contributed by atoms with E-state index in [1.165, 1.54) is 11.1 Å². The molecule has 0 saturated carbocycles. The summed E-state index contributed by atoms with van der Waals surface area (Å²) in [4.78, 5) is 29.3. The molecule has 1 aromatic rings. The number of hydrogen-bond acceptors (Lipinski definition) is 4. The maximum Gasteiger partial charge on any atom is 0.274 e. The Kier molecular flexibility index (Phi) is 4.16. The molecule has 0 unspecified atom stereocenters. The van der Waals surface area contributed by atoms with Crippen LogP contribution in [0.2, 0.25) is 0 Å². The largest absolute Gasteiger partial charge is 0.380 e. The van der Waals surface area contributed by atoms with Gasteiger partial charge >= 0.3 is 0 Å². The van der Waals surface area contributed by atoms with Gasteiger partial charge in [-0.15, -0.1) is 0 Å². The molecule has 2 N–H and O–H groups in total. The van der Waals surface area contributed by atoms with Crippen molar-refractivity contribution in [3.63, 3.8) is 0 Å². The van der Waals surface area contributed by atoms with Gasteiger partial charge in [-0.2, -0.15) is 0 Å². The van der Waals surface area contributed by atoms with Crippen molar-refractivity contribution < 1.29 is 14.3 Å². The van der Waals surface area contributed by atoms with E-state index in [1.54, 1.807) is 19.2 Å². The van der Waals surface area contributed by atoms with Gasteiger partial charge in [-0.1, -0.05) is 0 Å². The molecule has 102 valence electrons. The van der Waals surface area contributed by atoms with E-state index in [-0.39, 0.29) is 17.7 Å². The molecule has 2 rings (SSSR count). The first-order valence-electron chi connectivity index (χ1n) is 5.78. The highest BCUT2D eigenvalue weighted by atomic mass is 79.9. The lowest BCUT2D eigenvalue weighted by atomic mass is 10.2. The zero-order chi connectivity index (χ0) is 14.0. The summed E-state index contributed by atoms with van der Waals surface area (Å²) < 4.78 is 5.79. The smallest absolute Gasteiger partial charge is 0.274 e. The second-order valence-corrected chi connectivity index (χ2v) is 5.16. The van der Waals surface area contributed by atoms with Crippen LogP contribution in [0.5, 0.6) is 0 Å². The lowest BCUT2D eigenvalue weighted by molar-refractivity contribution is -0.121. The topological polar surface area (TPSA) is 85.5 Å². The zero-order valence-corrected chi connectivity index (χ0v) is 12.0. The molecule has 0 aliphatic carbocycles. The van der Waals surface area contributed by atoms with E-state index in [0.717, 1.165) is 0 Å². The average molecular weight is 328 g/mol. The number of aromatic nitrogens is 1. The van der Waals surface area contributed by atoms with Gasteiger partial charge in [-0.25, -0.2) is 4.98 Å². The van der Waals surface area contributed by atoms with Crippen LogP contribution in [0.3, 0.4) is 0 Å². The van der Waals surface area contributed by atoms with Gasteiger partial charge in [0.2, 0.25) is 5.91 Å². The van der Waals surface area contributed by atoms with Crippen LogP contribution in [0.25, 0.3) is 0 Å². The SMILES string of the molecule is CO[C@H]1C[C@@H](C(N)=O)N(C(=O)c2ncccc2Br)C1. The number of ether oxygens (including phenoxy) is 1. The summed E-state index contributed by atoms with van der Waals surface area (Å²) in [5.41, 5.74) is 5.61. The minimum Gasteiger partial charge on any atom is -0.380 e. The first-order valence-corrected chi connectivity index (χ1v) is 6.57. The molecular formula is C12H14BrN3O3. The van der Waals surface area contributed by atoms with Crippen molar-refractivity contribution in [2.24, 2.45) is 5.73 Å². The van der Waals surface area contributed by atoms with Crippen molar-refractivity contribution in [3.05, 3.63) is 28.5 Å². The Morgan fingerprint density at radius 2 is 2.32 bits per heavy atom. The Hall–Kier alpha value is -1.47. The zero-order valence-electron chi connectivity index (χ0n) is 10.4. The number of halogens is 1. The lowest BCUT2D eigenvalue weighted by Gasteiger charge is -2.21. The van der Waals surface area contributed by atoms with Gasteiger partial charge in [-0.3, -0.25) is 9.59 Å². The third kappa shape index (κ3) is 2.76. The summed E-state index contributed by atoms with van der Waals surface area (Å²) in [5.74, 6) is -0.851. The van der Waals surface area contributed by atoms with Gasteiger partial charge in [0.05, 0.1) is 6.10 Å². The standard InChI is InChI=1S/C12H14BrN3O3/c1-19-7-5-9(11(14)17)16(6-7)12(18)10-8(13)3-2-4-15-10/h2-4,7,9H,5-6H2,1H3,(H2,14,17)/t7-,9-/m0/s1. The minimum atomic E-state index is -0.647. The molecule has 2 atom stereocenters. The van der Waals surface area contributed by atoms with Crippen molar-refractivity contribution in [2.45, 2.75) is 18.6 Å². The van der Waals surface area contributed by atoms with Crippen LogP contribution in [-0.4, -0.2) is 47.5 Å². The average Bonchev–Trinajstić information content (AvgIpc) is 2.83. The first-order chi connectivity index (χ1) is 9.04. The molecule has 6 nitrogen and oxygen atoms in total. The number of rotatable bonds is 3. The number of methoxy groups -OCH3 is 1. The van der Waals surface area contributed by atoms with Crippen molar-refractivity contribution in [2.75, 3.05) is 13.7 Å². The molecule has 1 aliphatic rings. The van der Waals surface area contributed by atoms with E-state index in [9.17, 15) is 9.59 Å². The molecule has 0 radical (unpaired) electrons. The van der Waals surface area contributed by atoms with E-state index in [4.69, 9.17) is 10.5 Å². The minimum absolute atomic E-state index is 0.177. The van der Waals surface area contributed by atoms with E-state index in [0.29, 0.717) is 17.4 Å². The highest BCUT2D eigenvalue weighted by molar-refractivity contribution is 9.10. The molecule has 1 aliphatic heterocycles. The van der Waals surface area contributed by atoms with E-state index in [2.05, 4.69) is 20.9 Å². The van der Waals surface area contributed by atoms with E-state index >= 15 is 0 Å². The van der Waals surface area contributed by atoms with Crippen LogP contribution in [0, 0.1) is 0 Å². The van der Waals surface area contributed by atoms with Crippen molar-refractivity contribution in [1.29, 1.82) is 0 Å². The quantitative estimate of drug-likeness (QED) is 0.878. The fourth-order valence-electron chi connectivity index (χ4n) is 2.14.